The molecule has 0 bridgehead atoms. The summed E-state index contributed by atoms with van der Waals surface area (Å²) >= 11 is 0. The first-order chi connectivity index (χ1) is 8.79. The van der Waals surface area contributed by atoms with Crippen LogP contribution in [-0.2, 0) is 11.3 Å². The first-order valence-corrected chi connectivity index (χ1v) is 6.69. The molecule has 0 aliphatic carbocycles. The van der Waals surface area contributed by atoms with Crippen LogP contribution >= 0.6 is 0 Å². The SMILES string of the molecule is CCC1CCNC(C(=O)NCc2ccncc2)C1. The van der Waals surface area contributed by atoms with Crippen LogP contribution in [-0.4, -0.2) is 23.5 Å². The molecule has 2 N–H and O–H groups in total. The van der Waals surface area contributed by atoms with Gasteiger partial charge >= 0.3 is 0 Å². The standard InChI is InChI=1S/C14H21N3O/c1-2-11-5-8-16-13(9-11)14(18)17-10-12-3-6-15-7-4-12/h3-4,6-7,11,13,16H,2,5,8-10H2,1H3,(H,17,18). The fourth-order valence-corrected chi connectivity index (χ4v) is 2.38. The number of hydrogen-bond acceptors (Lipinski definition) is 3. The Morgan fingerprint density at radius 2 is 2.28 bits per heavy atom. The number of piperidine rings is 1. The smallest absolute Gasteiger partial charge is 0.237 e. The predicted octanol–water partition coefficient (Wildman–Crippen LogP) is 1.48. The minimum Gasteiger partial charge on any atom is -0.351 e. The summed E-state index contributed by atoms with van der Waals surface area (Å²) in [5, 5.41) is 6.28. The van der Waals surface area contributed by atoms with Gasteiger partial charge in [0.25, 0.3) is 0 Å². The van der Waals surface area contributed by atoms with Crippen molar-refractivity contribution in [2.45, 2.75) is 38.8 Å². The Labute approximate surface area is 108 Å². The van der Waals surface area contributed by atoms with Crippen molar-refractivity contribution in [3.63, 3.8) is 0 Å². The number of aromatic nitrogens is 1. The quantitative estimate of drug-likeness (QED) is 0.847. The van der Waals surface area contributed by atoms with Gasteiger partial charge < -0.3 is 10.6 Å². The third kappa shape index (κ3) is 3.53. The number of nitrogens with one attached hydrogen (secondary N) is 2. The van der Waals surface area contributed by atoms with Crippen molar-refractivity contribution in [3.8, 4) is 0 Å². The highest BCUT2D eigenvalue weighted by Gasteiger charge is 2.25. The van der Waals surface area contributed by atoms with E-state index in [1.165, 1.54) is 6.42 Å². The lowest BCUT2D eigenvalue weighted by atomic mass is 9.90. The first-order valence-electron chi connectivity index (χ1n) is 6.69. The lowest BCUT2D eigenvalue weighted by molar-refractivity contribution is -0.124. The molecule has 18 heavy (non-hydrogen) atoms. The molecule has 4 nitrogen and oxygen atoms in total. The summed E-state index contributed by atoms with van der Waals surface area (Å²) < 4.78 is 0. The number of hydrogen-bond donors (Lipinski definition) is 2. The molecular formula is C14H21N3O. The van der Waals surface area contributed by atoms with Crippen molar-refractivity contribution in [3.05, 3.63) is 30.1 Å². The second kappa shape index (κ2) is 6.50. The van der Waals surface area contributed by atoms with E-state index in [1.807, 2.05) is 12.1 Å². The lowest BCUT2D eigenvalue weighted by Crippen LogP contribution is -2.48. The Morgan fingerprint density at radius 3 is 3.00 bits per heavy atom. The molecule has 4 heteroatoms. The summed E-state index contributed by atoms with van der Waals surface area (Å²) in [4.78, 5) is 16.0. The van der Waals surface area contributed by atoms with E-state index in [1.54, 1.807) is 12.4 Å². The van der Waals surface area contributed by atoms with Gasteiger partial charge in [0, 0.05) is 18.9 Å². The second-order valence-corrected chi connectivity index (χ2v) is 4.88. The van der Waals surface area contributed by atoms with Gasteiger partial charge in [0.05, 0.1) is 6.04 Å². The maximum atomic E-state index is 12.0. The number of pyridine rings is 1. The summed E-state index contributed by atoms with van der Waals surface area (Å²) in [5.41, 5.74) is 1.08. The first kappa shape index (κ1) is 13.0. The molecule has 0 spiro atoms. The van der Waals surface area contributed by atoms with Gasteiger partial charge in [-0.15, -0.1) is 0 Å². The Bertz CT molecular complexity index is 380. The van der Waals surface area contributed by atoms with Crippen LogP contribution in [0.25, 0.3) is 0 Å². The van der Waals surface area contributed by atoms with Crippen molar-refractivity contribution < 1.29 is 4.79 Å². The van der Waals surface area contributed by atoms with E-state index in [-0.39, 0.29) is 11.9 Å². The van der Waals surface area contributed by atoms with Crippen LogP contribution in [0.1, 0.15) is 31.7 Å². The molecule has 1 aromatic heterocycles. The molecule has 2 atom stereocenters. The molecular weight excluding hydrogens is 226 g/mol. The van der Waals surface area contributed by atoms with Crippen LogP contribution in [0.5, 0.6) is 0 Å². The van der Waals surface area contributed by atoms with Gasteiger partial charge in [0.1, 0.15) is 0 Å². The topological polar surface area (TPSA) is 54.0 Å². The van der Waals surface area contributed by atoms with E-state index in [2.05, 4.69) is 22.5 Å². The molecule has 1 aliphatic heterocycles. The van der Waals surface area contributed by atoms with Gasteiger partial charge in [0.2, 0.25) is 5.91 Å². The number of amides is 1. The van der Waals surface area contributed by atoms with Crippen LogP contribution < -0.4 is 10.6 Å². The van der Waals surface area contributed by atoms with Crippen LogP contribution in [0, 0.1) is 5.92 Å². The van der Waals surface area contributed by atoms with Crippen LogP contribution in [0.15, 0.2) is 24.5 Å². The van der Waals surface area contributed by atoms with E-state index in [4.69, 9.17) is 0 Å². The highest BCUT2D eigenvalue weighted by molar-refractivity contribution is 5.81. The molecule has 2 heterocycles. The normalized spacial score (nSPS) is 23.6. The summed E-state index contributed by atoms with van der Waals surface area (Å²) in [6, 6.07) is 3.82. The fourth-order valence-electron chi connectivity index (χ4n) is 2.38. The third-order valence-electron chi connectivity index (χ3n) is 3.62. The van der Waals surface area contributed by atoms with Crippen LogP contribution in [0.4, 0.5) is 0 Å². The fraction of sp³-hybridized carbons (Fsp3) is 0.571. The minimum absolute atomic E-state index is 0.0227. The molecule has 98 valence electrons. The summed E-state index contributed by atoms with van der Waals surface area (Å²) in [6.45, 7) is 3.73. The zero-order chi connectivity index (χ0) is 12.8. The molecule has 1 fully saturated rings. The van der Waals surface area contributed by atoms with Crippen molar-refractivity contribution in [2.75, 3.05) is 6.54 Å². The van der Waals surface area contributed by atoms with Crippen molar-refractivity contribution >= 4 is 5.91 Å². The molecule has 2 unspecified atom stereocenters. The Kier molecular flexibility index (Phi) is 4.70. The van der Waals surface area contributed by atoms with Gasteiger partial charge in [-0.1, -0.05) is 13.3 Å². The highest BCUT2D eigenvalue weighted by atomic mass is 16.2. The van der Waals surface area contributed by atoms with Gasteiger partial charge in [-0.2, -0.15) is 0 Å². The van der Waals surface area contributed by atoms with E-state index in [0.717, 1.165) is 24.9 Å². The molecule has 0 saturated carbocycles. The van der Waals surface area contributed by atoms with Crippen molar-refractivity contribution in [2.24, 2.45) is 5.92 Å². The Morgan fingerprint density at radius 1 is 1.50 bits per heavy atom. The largest absolute Gasteiger partial charge is 0.351 e. The van der Waals surface area contributed by atoms with Gasteiger partial charge in [-0.25, -0.2) is 0 Å². The maximum Gasteiger partial charge on any atom is 0.237 e. The maximum absolute atomic E-state index is 12.0. The monoisotopic (exact) mass is 247 g/mol. The Balaban J connectivity index is 1.81. The number of rotatable bonds is 4. The average Bonchev–Trinajstić information content (AvgIpc) is 2.46. The van der Waals surface area contributed by atoms with Gasteiger partial charge in [0.15, 0.2) is 0 Å². The van der Waals surface area contributed by atoms with Crippen molar-refractivity contribution in [1.29, 1.82) is 0 Å². The predicted molar refractivity (Wildman–Crippen MR) is 70.9 cm³/mol. The lowest BCUT2D eigenvalue weighted by Gasteiger charge is -2.28. The summed E-state index contributed by atoms with van der Waals surface area (Å²) in [5.74, 6) is 0.799. The second-order valence-electron chi connectivity index (χ2n) is 4.88. The number of carbonyl (C=O) groups excluding carboxylic acids is 1. The number of nitrogens with zero attached hydrogens (tertiary/aromatic N) is 1. The molecule has 1 aliphatic rings. The molecule has 1 aromatic rings. The highest BCUT2D eigenvalue weighted by Crippen LogP contribution is 2.19. The van der Waals surface area contributed by atoms with E-state index in [9.17, 15) is 4.79 Å². The summed E-state index contributed by atoms with van der Waals surface area (Å²) in [7, 11) is 0. The third-order valence-corrected chi connectivity index (χ3v) is 3.62. The minimum atomic E-state index is -0.0227. The molecule has 2 rings (SSSR count). The van der Waals surface area contributed by atoms with Gasteiger partial charge in [-0.3, -0.25) is 9.78 Å². The molecule has 1 saturated heterocycles. The van der Waals surface area contributed by atoms with Crippen molar-refractivity contribution in [1.82, 2.24) is 15.6 Å². The van der Waals surface area contributed by atoms with E-state index >= 15 is 0 Å². The molecule has 0 radical (unpaired) electrons. The Hall–Kier alpha value is -1.42. The van der Waals surface area contributed by atoms with Crippen LogP contribution in [0.2, 0.25) is 0 Å². The zero-order valence-corrected chi connectivity index (χ0v) is 10.9. The average molecular weight is 247 g/mol. The van der Waals surface area contributed by atoms with Crippen LogP contribution in [0.3, 0.4) is 0 Å². The zero-order valence-electron chi connectivity index (χ0n) is 10.9. The van der Waals surface area contributed by atoms with E-state index < -0.39 is 0 Å². The van der Waals surface area contributed by atoms with E-state index in [0.29, 0.717) is 12.5 Å². The molecule has 1 amide bonds. The molecule has 0 aromatic carbocycles. The summed E-state index contributed by atoms with van der Waals surface area (Å²) in [6.07, 6.45) is 6.79. The van der Waals surface area contributed by atoms with Gasteiger partial charge in [-0.05, 0) is 43.0 Å². The number of carbonyl (C=O) groups is 1.